The minimum absolute atomic E-state index is 0.156. The molecule has 0 atom stereocenters. The highest BCUT2D eigenvalue weighted by molar-refractivity contribution is 5.94. The Morgan fingerprint density at radius 1 is 1.06 bits per heavy atom. The van der Waals surface area contributed by atoms with E-state index in [0.717, 1.165) is 31.0 Å². The molecule has 0 unspecified atom stereocenters. The van der Waals surface area contributed by atoms with Gasteiger partial charge >= 0.3 is 0 Å². The number of carbonyl (C=O) groups is 2. The first-order valence-electron chi connectivity index (χ1n) is 10.5. The normalized spacial score (nSPS) is 14.3. The highest BCUT2D eigenvalue weighted by atomic mass is 19.2. The number of benzene rings is 1. The maximum atomic E-state index is 13.8. The number of nitrogens with zero attached hydrogens (tertiary/aromatic N) is 4. The Morgan fingerprint density at radius 3 is 2.47 bits per heavy atom. The predicted molar refractivity (Wildman–Crippen MR) is 115 cm³/mol. The molecule has 0 spiro atoms. The molecule has 1 aromatic heterocycles. The average molecular weight is 449 g/mol. The van der Waals surface area contributed by atoms with Crippen molar-refractivity contribution >= 4 is 23.3 Å². The standard InChI is InChI=1S/C22H26F3N5O2/c1-2-9-30(14-19(31)27-17-7-6-16(23)21(24)22(17)25)20(32)15-28-10-12-29(13-11-28)18-5-3-4-8-26-18/h3-8H,2,9-15H2,1H3,(H,27,31). The molecule has 2 aromatic rings. The molecule has 0 radical (unpaired) electrons. The lowest BCUT2D eigenvalue weighted by Crippen LogP contribution is -2.51. The van der Waals surface area contributed by atoms with Gasteiger partial charge in [0.1, 0.15) is 5.82 Å². The number of nitrogens with one attached hydrogen (secondary N) is 1. The van der Waals surface area contributed by atoms with Gasteiger partial charge in [0, 0.05) is 38.9 Å². The fourth-order valence-corrected chi connectivity index (χ4v) is 3.51. The quantitative estimate of drug-likeness (QED) is 0.628. The summed E-state index contributed by atoms with van der Waals surface area (Å²) >= 11 is 0. The van der Waals surface area contributed by atoms with Crippen LogP contribution in [-0.4, -0.2) is 72.4 Å². The molecule has 2 amide bonds. The average Bonchev–Trinajstić information content (AvgIpc) is 2.80. The smallest absolute Gasteiger partial charge is 0.244 e. The topological polar surface area (TPSA) is 68.8 Å². The minimum atomic E-state index is -1.66. The number of piperazine rings is 1. The van der Waals surface area contributed by atoms with Crippen molar-refractivity contribution in [3.63, 3.8) is 0 Å². The zero-order valence-electron chi connectivity index (χ0n) is 17.9. The van der Waals surface area contributed by atoms with E-state index in [9.17, 15) is 22.8 Å². The summed E-state index contributed by atoms with van der Waals surface area (Å²) < 4.78 is 40.2. The van der Waals surface area contributed by atoms with Crippen molar-refractivity contribution in [3.05, 3.63) is 54.0 Å². The van der Waals surface area contributed by atoms with Crippen LogP contribution < -0.4 is 10.2 Å². The van der Waals surface area contributed by atoms with E-state index in [1.54, 1.807) is 6.20 Å². The molecule has 1 N–H and O–H groups in total. The molecule has 2 heterocycles. The van der Waals surface area contributed by atoms with Crippen LogP contribution in [0.15, 0.2) is 36.5 Å². The van der Waals surface area contributed by atoms with Gasteiger partial charge in [0.25, 0.3) is 0 Å². The van der Waals surface area contributed by atoms with E-state index < -0.39 is 29.0 Å². The van der Waals surface area contributed by atoms with E-state index in [2.05, 4.69) is 15.2 Å². The predicted octanol–water partition coefficient (Wildman–Crippen LogP) is 2.50. The second-order valence-corrected chi connectivity index (χ2v) is 7.54. The summed E-state index contributed by atoms with van der Waals surface area (Å²) in [6, 6.07) is 7.40. The summed E-state index contributed by atoms with van der Waals surface area (Å²) in [5.74, 6) is -4.49. The Morgan fingerprint density at radius 2 is 1.81 bits per heavy atom. The van der Waals surface area contributed by atoms with Crippen molar-refractivity contribution in [2.45, 2.75) is 13.3 Å². The number of amides is 2. The van der Waals surface area contributed by atoms with Crippen LogP contribution in [0, 0.1) is 17.5 Å². The van der Waals surface area contributed by atoms with Gasteiger partial charge in [-0.2, -0.15) is 0 Å². The third kappa shape index (κ3) is 5.97. The van der Waals surface area contributed by atoms with Gasteiger partial charge in [0.05, 0.1) is 18.8 Å². The largest absolute Gasteiger partial charge is 0.354 e. The van der Waals surface area contributed by atoms with Crippen molar-refractivity contribution in [2.24, 2.45) is 0 Å². The molecular weight excluding hydrogens is 423 g/mol. The third-order valence-electron chi connectivity index (χ3n) is 5.19. The number of anilines is 2. The molecule has 3 rings (SSSR count). The van der Waals surface area contributed by atoms with E-state index in [4.69, 9.17) is 0 Å². The SMILES string of the molecule is CCCN(CC(=O)Nc1ccc(F)c(F)c1F)C(=O)CN1CCN(c2ccccn2)CC1. The first kappa shape index (κ1) is 23.5. The van der Waals surface area contributed by atoms with Crippen LogP contribution in [0.5, 0.6) is 0 Å². The highest BCUT2D eigenvalue weighted by Crippen LogP contribution is 2.19. The van der Waals surface area contributed by atoms with Gasteiger partial charge in [-0.05, 0) is 30.7 Å². The lowest BCUT2D eigenvalue weighted by atomic mass is 10.2. The maximum absolute atomic E-state index is 13.8. The summed E-state index contributed by atoms with van der Waals surface area (Å²) in [4.78, 5) is 35.0. The number of rotatable bonds is 8. The Kier molecular flexibility index (Phi) is 8.04. The van der Waals surface area contributed by atoms with Crippen molar-refractivity contribution < 1.29 is 22.8 Å². The van der Waals surface area contributed by atoms with Gasteiger partial charge in [0.15, 0.2) is 17.5 Å². The van der Waals surface area contributed by atoms with Crippen LogP contribution in [0.25, 0.3) is 0 Å². The summed E-state index contributed by atoms with van der Waals surface area (Å²) in [7, 11) is 0. The van der Waals surface area contributed by atoms with E-state index in [1.165, 1.54) is 4.90 Å². The van der Waals surface area contributed by atoms with Gasteiger partial charge in [-0.1, -0.05) is 13.0 Å². The van der Waals surface area contributed by atoms with Gasteiger partial charge in [-0.25, -0.2) is 18.2 Å². The Labute approximate surface area is 184 Å². The molecule has 7 nitrogen and oxygen atoms in total. The second-order valence-electron chi connectivity index (χ2n) is 7.54. The highest BCUT2D eigenvalue weighted by Gasteiger charge is 2.24. The van der Waals surface area contributed by atoms with Crippen molar-refractivity contribution in [1.82, 2.24) is 14.8 Å². The first-order chi connectivity index (χ1) is 15.4. The van der Waals surface area contributed by atoms with Crippen LogP contribution >= 0.6 is 0 Å². The number of pyridine rings is 1. The molecule has 1 saturated heterocycles. The fourth-order valence-electron chi connectivity index (χ4n) is 3.51. The maximum Gasteiger partial charge on any atom is 0.244 e. The molecule has 0 aliphatic carbocycles. The van der Waals surface area contributed by atoms with Crippen molar-refractivity contribution in [3.8, 4) is 0 Å². The van der Waals surface area contributed by atoms with Crippen LogP contribution in [0.4, 0.5) is 24.7 Å². The zero-order chi connectivity index (χ0) is 23.1. The number of carbonyl (C=O) groups excluding carboxylic acids is 2. The number of hydrogen-bond donors (Lipinski definition) is 1. The molecular formula is C22H26F3N5O2. The number of aromatic nitrogens is 1. The van der Waals surface area contributed by atoms with Crippen LogP contribution in [0.1, 0.15) is 13.3 Å². The lowest BCUT2D eigenvalue weighted by molar-refractivity contribution is -0.135. The molecule has 1 fully saturated rings. The van der Waals surface area contributed by atoms with Crippen LogP contribution in [-0.2, 0) is 9.59 Å². The van der Waals surface area contributed by atoms with E-state index >= 15 is 0 Å². The number of halogens is 3. The van der Waals surface area contributed by atoms with Crippen molar-refractivity contribution in [2.75, 3.05) is 56.0 Å². The van der Waals surface area contributed by atoms with E-state index in [0.29, 0.717) is 26.1 Å². The van der Waals surface area contributed by atoms with Gasteiger partial charge in [0.2, 0.25) is 11.8 Å². The molecule has 172 valence electrons. The van der Waals surface area contributed by atoms with Crippen LogP contribution in [0.2, 0.25) is 0 Å². The summed E-state index contributed by atoms with van der Waals surface area (Å²) in [6.45, 7) is 4.88. The van der Waals surface area contributed by atoms with Crippen molar-refractivity contribution in [1.29, 1.82) is 0 Å². The summed E-state index contributed by atoms with van der Waals surface area (Å²) in [6.07, 6.45) is 2.37. The zero-order valence-corrected chi connectivity index (χ0v) is 17.9. The second kappa shape index (κ2) is 10.9. The van der Waals surface area contributed by atoms with Crippen LogP contribution in [0.3, 0.4) is 0 Å². The Balaban J connectivity index is 1.53. The molecule has 10 heteroatoms. The van der Waals surface area contributed by atoms with Gasteiger partial charge in [-0.15, -0.1) is 0 Å². The molecule has 1 aliphatic rings. The third-order valence-corrected chi connectivity index (χ3v) is 5.19. The van der Waals surface area contributed by atoms with Gasteiger partial charge < -0.3 is 15.1 Å². The minimum Gasteiger partial charge on any atom is -0.354 e. The fraction of sp³-hybridized carbons (Fsp3) is 0.409. The summed E-state index contributed by atoms with van der Waals surface area (Å²) in [5.41, 5.74) is -0.469. The number of hydrogen-bond acceptors (Lipinski definition) is 5. The molecule has 0 bridgehead atoms. The lowest BCUT2D eigenvalue weighted by Gasteiger charge is -2.36. The molecule has 32 heavy (non-hydrogen) atoms. The van der Waals surface area contributed by atoms with E-state index in [1.807, 2.05) is 30.0 Å². The molecule has 1 aliphatic heterocycles. The first-order valence-corrected chi connectivity index (χ1v) is 10.5. The summed E-state index contributed by atoms with van der Waals surface area (Å²) in [5, 5.41) is 2.21. The van der Waals surface area contributed by atoms with Gasteiger partial charge in [-0.3, -0.25) is 14.5 Å². The Hall–Kier alpha value is -3.14. The Bertz CT molecular complexity index is 937. The van der Waals surface area contributed by atoms with E-state index in [-0.39, 0.29) is 19.0 Å². The molecule has 0 saturated carbocycles. The molecule has 1 aromatic carbocycles. The monoisotopic (exact) mass is 449 g/mol.